The van der Waals surface area contributed by atoms with E-state index in [1.54, 1.807) is 24.1 Å². The molecule has 1 saturated heterocycles. The quantitative estimate of drug-likeness (QED) is 0.607. The van der Waals surface area contributed by atoms with Crippen molar-refractivity contribution in [2.45, 2.75) is 19.4 Å². The highest BCUT2D eigenvalue weighted by Gasteiger charge is 2.24. The molecule has 7 heteroatoms. The molecule has 23 heavy (non-hydrogen) atoms. The summed E-state index contributed by atoms with van der Waals surface area (Å²) in [7, 11) is 3.58. The number of methoxy groups -OCH3 is 1. The fraction of sp³-hybridized carbons (Fsp3) is 0.562. The van der Waals surface area contributed by atoms with Crippen LogP contribution in [0, 0.1) is 10.1 Å². The lowest BCUT2D eigenvalue weighted by atomic mass is 10.0. The smallest absolute Gasteiger partial charge is 0.273 e. The second kappa shape index (κ2) is 7.52. The van der Waals surface area contributed by atoms with Crippen molar-refractivity contribution in [1.29, 1.82) is 0 Å². The molecule has 1 heterocycles. The summed E-state index contributed by atoms with van der Waals surface area (Å²) in [5, 5.41) is 11.3. The Hall–Kier alpha value is -1.99. The van der Waals surface area contributed by atoms with E-state index in [9.17, 15) is 14.9 Å². The molecule has 0 N–H and O–H groups in total. The molecule has 0 aliphatic carbocycles. The Morgan fingerprint density at radius 1 is 1.35 bits per heavy atom. The van der Waals surface area contributed by atoms with Crippen LogP contribution in [0.1, 0.15) is 22.8 Å². The molecule has 0 spiro atoms. The third-order valence-corrected chi connectivity index (χ3v) is 4.23. The van der Waals surface area contributed by atoms with Crippen LogP contribution in [0.5, 0.6) is 0 Å². The minimum atomic E-state index is -0.432. The molecule has 0 aromatic heterocycles. The standard InChI is InChI=1S/C16H23N3O4/c1-12(23-3)10-13-4-5-14(11-15(13)19(21)22)16(20)18-8-6-17(2)7-9-18/h4-5,11-12H,6-10H2,1-3H3. The van der Waals surface area contributed by atoms with Crippen LogP contribution in [0.25, 0.3) is 0 Å². The SMILES string of the molecule is COC(C)Cc1ccc(C(=O)N2CCN(C)CC2)cc1[N+](=O)[O-]. The van der Waals surface area contributed by atoms with Crippen molar-refractivity contribution in [3.63, 3.8) is 0 Å². The van der Waals surface area contributed by atoms with Gasteiger partial charge < -0.3 is 14.5 Å². The molecule has 1 amide bonds. The molecular formula is C16H23N3O4. The Labute approximate surface area is 136 Å². The van der Waals surface area contributed by atoms with E-state index in [-0.39, 0.29) is 17.7 Å². The van der Waals surface area contributed by atoms with Gasteiger partial charge in [-0.3, -0.25) is 14.9 Å². The minimum absolute atomic E-state index is 0.0196. The fourth-order valence-corrected chi connectivity index (χ4v) is 2.62. The van der Waals surface area contributed by atoms with Crippen molar-refractivity contribution in [2.75, 3.05) is 40.3 Å². The van der Waals surface area contributed by atoms with E-state index < -0.39 is 4.92 Å². The summed E-state index contributed by atoms with van der Waals surface area (Å²) in [5.74, 6) is -0.146. The first-order chi connectivity index (χ1) is 10.9. The summed E-state index contributed by atoms with van der Waals surface area (Å²) in [5.41, 5.74) is 0.934. The van der Waals surface area contributed by atoms with Gasteiger partial charge in [0.1, 0.15) is 0 Å². The molecule has 1 unspecified atom stereocenters. The zero-order valence-electron chi connectivity index (χ0n) is 13.8. The summed E-state index contributed by atoms with van der Waals surface area (Å²) in [6, 6.07) is 4.72. The number of amides is 1. The maximum Gasteiger partial charge on any atom is 0.273 e. The number of rotatable bonds is 5. The van der Waals surface area contributed by atoms with Gasteiger partial charge in [-0.2, -0.15) is 0 Å². The first-order valence-corrected chi connectivity index (χ1v) is 7.70. The molecule has 0 saturated carbocycles. The number of benzene rings is 1. The predicted molar refractivity (Wildman–Crippen MR) is 86.7 cm³/mol. The number of nitro groups is 1. The Morgan fingerprint density at radius 2 is 2.00 bits per heavy atom. The number of ether oxygens (including phenoxy) is 1. The number of piperazine rings is 1. The van der Waals surface area contributed by atoms with Gasteiger partial charge >= 0.3 is 0 Å². The number of hydrogen-bond acceptors (Lipinski definition) is 5. The zero-order chi connectivity index (χ0) is 17.0. The molecule has 7 nitrogen and oxygen atoms in total. The van der Waals surface area contributed by atoms with Crippen LogP contribution in [-0.2, 0) is 11.2 Å². The van der Waals surface area contributed by atoms with Crippen molar-refractivity contribution < 1.29 is 14.5 Å². The second-order valence-corrected chi connectivity index (χ2v) is 5.95. The van der Waals surface area contributed by atoms with Gasteiger partial charge in [-0.05, 0) is 20.0 Å². The van der Waals surface area contributed by atoms with Gasteiger partial charge in [0.2, 0.25) is 0 Å². The van der Waals surface area contributed by atoms with Crippen LogP contribution in [0.15, 0.2) is 18.2 Å². The van der Waals surface area contributed by atoms with Gasteiger partial charge in [-0.1, -0.05) is 6.07 Å². The van der Waals surface area contributed by atoms with Crippen molar-refractivity contribution in [2.24, 2.45) is 0 Å². The van der Waals surface area contributed by atoms with Crippen molar-refractivity contribution in [3.05, 3.63) is 39.4 Å². The molecule has 0 bridgehead atoms. The van der Waals surface area contributed by atoms with E-state index in [1.807, 2.05) is 14.0 Å². The molecule has 1 aromatic rings. The number of nitro benzene ring substituents is 1. The van der Waals surface area contributed by atoms with E-state index in [0.717, 1.165) is 13.1 Å². The summed E-state index contributed by atoms with van der Waals surface area (Å²) >= 11 is 0. The number of carbonyl (C=O) groups is 1. The van der Waals surface area contributed by atoms with Gasteiger partial charge in [0, 0.05) is 56.9 Å². The van der Waals surface area contributed by atoms with Crippen molar-refractivity contribution in [3.8, 4) is 0 Å². The largest absolute Gasteiger partial charge is 0.381 e. The summed E-state index contributed by atoms with van der Waals surface area (Å²) in [4.78, 5) is 27.3. The first kappa shape index (κ1) is 17.4. The third-order valence-electron chi connectivity index (χ3n) is 4.23. The van der Waals surface area contributed by atoms with Crippen molar-refractivity contribution >= 4 is 11.6 Å². The van der Waals surface area contributed by atoms with Crippen LogP contribution >= 0.6 is 0 Å². The van der Waals surface area contributed by atoms with E-state index in [1.165, 1.54) is 6.07 Å². The Bertz CT molecular complexity index is 583. The predicted octanol–water partition coefficient (Wildman–Crippen LogP) is 1.56. The maximum absolute atomic E-state index is 12.5. The summed E-state index contributed by atoms with van der Waals surface area (Å²) in [6.45, 7) is 4.78. The van der Waals surface area contributed by atoms with Gasteiger partial charge in [0.05, 0.1) is 11.0 Å². The lowest BCUT2D eigenvalue weighted by Crippen LogP contribution is -2.47. The molecule has 126 valence electrons. The molecule has 0 radical (unpaired) electrons. The van der Waals surface area contributed by atoms with Crippen LogP contribution < -0.4 is 0 Å². The van der Waals surface area contributed by atoms with Crippen LogP contribution in [0.3, 0.4) is 0 Å². The lowest BCUT2D eigenvalue weighted by molar-refractivity contribution is -0.385. The Kier molecular flexibility index (Phi) is 5.68. The summed E-state index contributed by atoms with van der Waals surface area (Å²) in [6.07, 6.45) is 0.323. The lowest BCUT2D eigenvalue weighted by Gasteiger charge is -2.32. The maximum atomic E-state index is 12.5. The van der Waals surface area contributed by atoms with E-state index in [4.69, 9.17) is 4.74 Å². The van der Waals surface area contributed by atoms with Crippen LogP contribution in [0.2, 0.25) is 0 Å². The molecular weight excluding hydrogens is 298 g/mol. The highest BCUT2D eigenvalue weighted by atomic mass is 16.6. The molecule has 1 fully saturated rings. The molecule has 1 aliphatic rings. The van der Waals surface area contributed by atoms with Crippen molar-refractivity contribution in [1.82, 2.24) is 9.80 Å². The van der Waals surface area contributed by atoms with Gasteiger partial charge in [-0.15, -0.1) is 0 Å². The normalized spacial score (nSPS) is 17.1. The summed E-state index contributed by atoms with van der Waals surface area (Å²) < 4.78 is 5.17. The average Bonchev–Trinajstić information content (AvgIpc) is 2.55. The molecule has 1 aliphatic heterocycles. The third kappa shape index (κ3) is 4.27. The first-order valence-electron chi connectivity index (χ1n) is 7.70. The topological polar surface area (TPSA) is 75.9 Å². The number of likely N-dealkylation sites (N-methyl/N-ethyl adjacent to an activating group) is 1. The monoisotopic (exact) mass is 321 g/mol. The van der Waals surface area contributed by atoms with E-state index >= 15 is 0 Å². The molecule has 1 atom stereocenters. The van der Waals surface area contributed by atoms with Crippen LogP contribution in [0.4, 0.5) is 5.69 Å². The highest BCUT2D eigenvalue weighted by Crippen LogP contribution is 2.23. The highest BCUT2D eigenvalue weighted by molar-refractivity contribution is 5.95. The fourth-order valence-electron chi connectivity index (χ4n) is 2.62. The molecule has 1 aromatic carbocycles. The number of carbonyl (C=O) groups excluding carboxylic acids is 1. The van der Waals surface area contributed by atoms with Gasteiger partial charge in [0.15, 0.2) is 0 Å². The number of hydrogen-bond donors (Lipinski definition) is 0. The average molecular weight is 321 g/mol. The van der Waals surface area contributed by atoms with E-state index in [0.29, 0.717) is 30.6 Å². The second-order valence-electron chi connectivity index (χ2n) is 5.95. The van der Waals surface area contributed by atoms with Gasteiger partial charge in [-0.25, -0.2) is 0 Å². The van der Waals surface area contributed by atoms with E-state index in [2.05, 4.69) is 4.90 Å². The number of nitrogens with zero attached hydrogens (tertiary/aromatic N) is 3. The minimum Gasteiger partial charge on any atom is -0.381 e. The van der Waals surface area contributed by atoms with Gasteiger partial charge in [0.25, 0.3) is 11.6 Å². The molecule has 2 rings (SSSR count). The Balaban J connectivity index is 2.21. The van der Waals surface area contributed by atoms with Crippen LogP contribution in [-0.4, -0.2) is 67.1 Å². The zero-order valence-corrected chi connectivity index (χ0v) is 13.8. The Morgan fingerprint density at radius 3 is 2.57 bits per heavy atom.